The van der Waals surface area contributed by atoms with E-state index in [4.69, 9.17) is 5.21 Å². The van der Waals surface area contributed by atoms with Crippen LogP contribution < -0.4 is 0 Å². The molecule has 0 bridgehead atoms. The molecule has 0 spiro atoms. The molecule has 0 saturated heterocycles. The molecule has 0 radical (unpaired) electrons. The molecule has 0 aromatic rings. The van der Waals surface area contributed by atoms with Gasteiger partial charge in [-0.05, 0) is 25.2 Å². The number of nitrogens with zero attached hydrogens (tertiary/aromatic N) is 1. The van der Waals surface area contributed by atoms with Crippen molar-refractivity contribution in [1.29, 1.82) is 0 Å². The van der Waals surface area contributed by atoms with Gasteiger partial charge in [-0.15, -0.1) is 0 Å². The predicted molar refractivity (Wildman–Crippen MR) is 36.9 cm³/mol. The molecule has 0 aliphatic heterocycles. The minimum Gasteiger partial charge on any atom is -0.411 e. The van der Waals surface area contributed by atoms with Crippen molar-refractivity contribution >= 4 is 5.71 Å². The zero-order valence-corrected chi connectivity index (χ0v) is 5.80. The summed E-state index contributed by atoms with van der Waals surface area (Å²) in [6.07, 6.45) is 4.47. The Balaban J connectivity index is 2.38. The zero-order valence-electron chi connectivity index (χ0n) is 5.80. The second-order valence-corrected chi connectivity index (χ2v) is 2.68. The number of rotatable bonds is 1. The molecule has 52 valence electrons. The predicted octanol–water partition coefficient (Wildman–Crippen LogP) is 2.03. The molecular weight excluding hydrogens is 114 g/mol. The summed E-state index contributed by atoms with van der Waals surface area (Å²) in [6, 6.07) is 0. The van der Waals surface area contributed by atoms with Crippen LogP contribution in [-0.2, 0) is 0 Å². The summed E-state index contributed by atoms with van der Waals surface area (Å²) in [5.74, 6) is 0.788. The quantitative estimate of drug-likeness (QED) is 0.424. The van der Waals surface area contributed by atoms with Crippen molar-refractivity contribution in [2.45, 2.75) is 32.6 Å². The Kier molecular flexibility index (Phi) is 2.09. The van der Waals surface area contributed by atoms with Crippen molar-refractivity contribution in [3.8, 4) is 0 Å². The molecule has 0 aromatic heterocycles. The molecule has 0 heterocycles. The minimum absolute atomic E-state index is 0.788. The summed E-state index contributed by atoms with van der Waals surface area (Å²) in [5, 5.41) is 11.6. The molecule has 1 aliphatic rings. The van der Waals surface area contributed by atoms with Crippen molar-refractivity contribution in [2.24, 2.45) is 11.1 Å². The maximum Gasteiger partial charge on any atom is 0.0573 e. The van der Waals surface area contributed by atoms with E-state index >= 15 is 0 Å². The van der Waals surface area contributed by atoms with Crippen molar-refractivity contribution in [3.05, 3.63) is 0 Å². The highest BCUT2D eigenvalue weighted by molar-refractivity contribution is 5.85. The van der Waals surface area contributed by atoms with Crippen LogP contribution in [0.4, 0.5) is 0 Å². The summed E-state index contributed by atoms with van der Waals surface area (Å²) in [6.45, 7) is 2.19. The van der Waals surface area contributed by atoms with E-state index in [0.29, 0.717) is 0 Å². The molecule has 2 heteroatoms. The van der Waals surface area contributed by atoms with Crippen molar-refractivity contribution in [1.82, 2.24) is 0 Å². The molecule has 1 fully saturated rings. The summed E-state index contributed by atoms with van der Waals surface area (Å²) < 4.78 is 0. The second-order valence-electron chi connectivity index (χ2n) is 2.68. The number of hydrogen-bond donors (Lipinski definition) is 1. The molecule has 2 nitrogen and oxygen atoms in total. The van der Waals surface area contributed by atoms with Crippen LogP contribution in [0.25, 0.3) is 0 Å². The van der Waals surface area contributed by atoms with Gasteiger partial charge in [-0.2, -0.15) is 0 Å². The van der Waals surface area contributed by atoms with E-state index in [2.05, 4.69) is 12.1 Å². The average Bonchev–Trinajstić information content (AvgIpc) is 2.34. The summed E-state index contributed by atoms with van der Waals surface area (Å²) >= 11 is 0. The monoisotopic (exact) mass is 127 g/mol. The van der Waals surface area contributed by atoms with Crippen LogP contribution >= 0.6 is 0 Å². The van der Waals surface area contributed by atoms with E-state index in [-0.39, 0.29) is 0 Å². The maximum absolute atomic E-state index is 8.37. The molecule has 0 amide bonds. The van der Waals surface area contributed by atoms with Crippen LogP contribution in [0, 0.1) is 5.92 Å². The highest BCUT2D eigenvalue weighted by atomic mass is 16.4. The fourth-order valence-electron chi connectivity index (χ4n) is 1.35. The van der Waals surface area contributed by atoms with Crippen LogP contribution in [0.5, 0.6) is 0 Å². The van der Waals surface area contributed by atoms with Gasteiger partial charge >= 0.3 is 0 Å². The van der Waals surface area contributed by atoms with Crippen molar-refractivity contribution in [3.63, 3.8) is 0 Å². The molecule has 1 aliphatic carbocycles. The highest BCUT2D eigenvalue weighted by Gasteiger charge is 2.18. The highest BCUT2D eigenvalue weighted by Crippen LogP contribution is 2.25. The molecule has 9 heavy (non-hydrogen) atoms. The summed E-state index contributed by atoms with van der Waals surface area (Å²) in [7, 11) is 0. The van der Waals surface area contributed by atoms with Gasteiger partial charge in [0.05, 0.1) is 5.71 Å². The van der Waals surface area contributed by atoms with Gasteiger partial charge in [-0.3, -0.25) is 0 Å². The van der Waals surface area contributed by atoms with Crippen LogP contribution in [0.2, 0.25) is 0 Å². The number of oxime groups is 1. The van der Waals surface area contributed by atoms with E-state index in [1.165, 1.54) is 12.8 Å². The second kappa shape index (κ2) is 2.85. The topological polar surface area (TPSA) is 32.6 Å². The molecule has 1 saturated carbocycles. The third-order valence-electron chi connectivity index (χ3n) is 2.08. The normalized spacial score (nSPS) is 31.7. The third-order valence-corrected chi connectivity index (χ3v) is 2.08. The van der Waals surface area contributed by atoms with E-state index < -0.39 is 0 Å². The SMILES string of the molecule is CCC1CC/C(=N\O)C1. The maximum atomic E-state index is 8.37. The minimum atomic E-state index is 0.788. The molecular formula is C7H13NO. The lowest BCUT2D eigenvalue weighted by molar-refractivity contribution is 0.317. The zero-order chi connectivity index (χ0) is 6.69. The lowest BCUT2D eigenvalue weighted by atomic mass is 10.1. The lowest BCUT2D eigenvalue weighted by Gasteiger charge is -1.99. The van der Waals surface area contributed by atoms with Crippen LogP contribution in [0.15, 0.2) is 5.16 Å². The van der Waals surface area contributed by atoms with Crippen LogP contribution in [0.3, 0.4) is 0 Å². The average molecular weight is 127 g/mol. The standard InChI is InChI=1S/C7H13NO/c1-2-6-3-4-7(5-6)8-9/h6,9H,2-5H2,1H3/b8-7+. The Labute approximate surface area is 55.6 Å². The van der Waals surface area contributed by atoms with Gasteiger partial charge in [0.2, 0.25) is 0 Å². The molecule has 1 unspecified atom stereocenters. The van der Waals surface area contributed by atoms with Gasteiger partial charge in [0.1, 0.15) is 0 Å². The van der Waals surface area contributed by atoms with Gasteiger partial charge in [0.25, 0.3) is 0 Å². The smallest absolute Gasteiger partial charge is 0.0573 e. The largest absolute Gasteiger partial charge is 0.411 e. The van der Waals surface area contributed by atoms with Crippen molar-refractivity contribution in [2.75, 3.05) is 0 Å². The Hall–Kier alpha value is -0.530. The van der Waals surface area contributed by atoms with Gasteiger partial charge in [0, 0.05) is 0 Å². The first-order chi connectivity index (χ1) is 4.36. The van der Waals surface area contributed by atoms with Gasteiger partial charge in [0.15, 0.2) is 0 Å². The first kappa shape index (κ1) is 6.59. The molecule has 1 rings (SSSR count). The Bertz CT molecular complexity index is 120. The summed E-state index contributed by atoms with van der Waals surface area (Å²) in [4.78, 5) is 0. The fourth-order valence-corrected chi connectivity index (χ4v) is 1.35. The molecule has 1 atom stereocenters. The van der Waals surface area contributed by atoms with E-state index in [1.807, 2.05) is 0 Å². The lowest BCUT2D eigenvalue weighted by Crippen LogP contribution is -1.92. The van der Waals surface area contributed by atoms with E-state index in [0.717, 1.165) is 24.5 Å². The van der Waals surface area contributed by atoms with Crippen LogP contribution in [0.1, 0.15) is 32.6 Å². The molecule has 0 aromatic carbocycles. The fraction of sp³-hybridized carbons (Fsp3) is 0.857. The first-order valence-corrected chi connectivity index (χ1v) is 3.56. The van der Waals surface area contributed by atoms with E-state index in [9.17, 15) is 0 Å². The Morgan fingerprint density at radius 3 is 2.89 bits per heavy atom. The van der Waals surface area contributed by atoms with Gasteiger partial charge in [-0.1, -0.05) is 18.5 Å². The van der Waals surface area contributed by atoms with Crippen LogP contribution in [-0.4, -0.2) is 10.9 Å². The third kappa shape index (κ3) is 1.44. The van der Waals surface area contributed by atoms with E-state index in [1.54, 1.807) is 0 Å². The van der Waals surface area contributed by atoms with Gasteiger partial charge < -0.3 is 5.21 Å². The Morgan fingerprint density at radius 1 is 1.78 bits per heavy atom. The number of hydrogen-bond acceptors (Lipinski definition) is 2. The van der Waals surface area contributed by atoms with Gasteiger partial charge in [-0.25, -0.2) is 0 Å². The molecule has 1 N–H and O–H groups in total. The summed E-state index contributed by atoms with van der Waals surface area (Å²) in [5.41, 5.74) is 0.988. The first-order valence-electron chi connectivity index (χ1n) is 3.56. The Morgan fingerprint density at radius 2 is 2.56 bits per heavy atom. The van der Waals surface area contributed by atoms with Crippen molar-refractivity contribution < 1.29 is 5.21 Å².